The zero-order valence-electron chi connectivity index (χ0n) is 13.7. The second-order valence-corrected chi connectivity index (χ2v) is 6.97. The number of rotatable bonds is 2. The van der Waals surface area contributed by atoms with Gasteiger partial charge in [0.1, 0.15) is 5.82 Å². The molecule has 0 aliphatic carbocycles. The number of carbonyl (C=O) groups is 1. The second-order valence-electron chi connectivity index (χ2n) is 6.08. The first-order valence-electron chi connectivity index (χ1n) is 8.25. The number of ketones is 1. The fraction of sp³-hybridized carbons (Fsp3) is 0.0500. The number of fused-ring (bicyclic) bond motifs is 3. The topological polar surface area (TPSA) is 66.9 Å². The molecule has 1 aliphatic heterocycles. The first-order valence-corrected chi connectivity index (χ1v) is 9.13. The van der Waals surface area contributed by atoms with Crippen molar-refractivity contribution < 1.29 is 4.79 Å². The summed E-state index contributed by atoms with van der Waals surface area (Å²) >= 11 is 1.54. The van der Waals surface area contributed by atoms with Gasteiger partial charge in [-0.1, -0.05) is 12.1 Å². The van der Waals surface area contributed by atoms with E-state index in [0.717, 1.165) is 33.0 Å². The normalized spacial score (nSPS) is 12.5. The molecule has 6 heteroatoms. The molecule has 5 rings (SSSR count). The van der Waals surface area contributed by atoms with Crippen LogP contribution in [0.25, 0.3) is 10.2 Å². The van der Waals surface area contributed by atoms with Crippen molar-refractivity contribution in [3.8, 4) is 0 Å². The van der Waals surface area contributed by atoms with Crippen molar-refractivity contribution in [3.05, 3.63) is 76.9 Å². The molecule has 0 saturated heterocycles. The largest absolute Gasteiger partial charge is 0.379 e. The smallest absolute Gasteiger partial charge is 0.195 e. The van der Waals surface area contributed by atoms with Crippen molar-refractivity contribution in [1.29, 1.82) is 0 Å². The van der Waals surface area contributed by atoms with Crippen molar-refractivity contribution in [1.82, 2.24) is 9.97 Å². The SMILES string of the molecule is O=C(c1ccc2ncsc2c1)c1cccc2c1Nc1ncccc1CN2. The van der Waals surface area contributed by atoms with Gasteiger partial charge in [-0.25, -0.2) is 9.97 Å². The number of nitrogens with zero attached hydrogens (tertiary/aromatic N) is 2. The predicted octanol–water partition coefficient (Wildman–Crippen LogP) is 4.59. The number of pyridine rings is 1. The van der Waals surface area contributed by atoms with Crippen LogP contribution in [-0.4, -0.2) is 15.8 Å². The van der Waals surface area contributed by atoms with Gasteiger partial charge in [-0.15, -0.1) is 11.3 Å². The van der Waals surface area contributed by atoms with Gasteiger partial charge in [0.25, 0.3) is 0 Å². The molecule has 26 heavy (non-hydrogen) atoms. The van der Waals surface area contributed by atoms with Crippen LogP contribution in [0.4, 0.5) is 17.2 Å². The van der Waals surface area contributed by atoms with E-state index < -0.39 is 0 Å². The number of thiazole rings is 1. The summed E-state index contributed by atoms with van der Waals surface area (Å²) in [6.45, 7) is 0.660. The molecule has 4 aromatic rings. The lowest BCUT2D eigenvalue weighted by Crippen LogP contribution is -2.07. The van der Waals surface area contributed by atoms with E-state index in [1.165, 1.54) is 11.3 Å². The van der Waals surface area contributed by atoms with Gasteiger partial charge in [-0.05, 0) is 36.4 Å². The van der Waals surface area contributed by atoms with Gasteiger partial charge in [-0.3, -0.25) is 4.79 Å². The van der Waals surface area contributed by atoms with E-state index in [0.29, 0.717) is 17.7 Å². The Morgan fingerprint density at radius 2 is 2.04 bits per heavy atom. The van der Waals surface area contributed by atoms with Crippen LogP contribution in [0, 0.1) is 0 Å². The molecule has 3 heterocycles. The maximum atomic E-state index is 13.2. The van der Waals surface area contributed by atoms with Crippen LogP contribution in [0.15, 0.2) is 60.2 Å². The third-order valence-corrected chi connectivity index (χ3v) is 5.30. The van der Waals surface area contributed by atoms with Crippen molar-refractivity contribution in [2.45, 2.75) is 6.54 Å². The lowest BCUT2D eigenvalue weighted by molar-refractivity contribution is 0.103. The zero-order valence-corrected chi connectivity index (χ0v) is 14.5. The highest BCUT2D eigenvalue weighted by Gasteiger charge is 2.20. The number of anilines is 3. The first kappa shape index (κ1) is 15.0. The van der Waals surface area contributed by atoms with Crippen LogP contribution in [0.3, 0.4) is 0 Å². The minimum absolute atomic E-state index is 0.0224. The minimum atomic E-state index is -0.0224. The average molecular weight is 358 g/mol. The molecule has 0 atom stereocenters. The second kappa shape index (κ2) is 5.93. The Kier molecular flexibility index (Phi) is 3.43. The Labute approximate surface area is 153 Å². The standard InChI is InChI=1S/C20H14N4OS/c25-19(12-6-7-15-17(9-12)26-11-23-15)14-4-1-5-16-18(14)24-20-13(10-22-16)3-2-8-21-20/h1-9,11,22H,10H2,(H,21,24). The summed E-state index contributed by atoms with van der Waals surface area (Å²) in [6.07, 6.45) is 1.75. The molecule has 0 radical (unpaired) electrons. The number of hydrogen-bond acceptors (Lipinski definition) is 6. The summed E-state index contributed by atoms with van der Waals surface area (Å²) in [7, 11) is 0. The molecule has 1 aliphatic rings. The van der Waals surface area contributed by atoms with Gasteiger partial charge in [-0.2, -0.15) is 0 Å². The third-order valence-electron chi connectivity index (χ3n) is 4.51. The number of para-hydroxylation sites is 1. The predicted molar refractivity (Wildman–Crippen MR) is 104 cm³/mol. The average Bonchev–Trinajstić information content (AvgIpc) is 3.06. The number of nitrogens with one attached hydrogen (secondary N) is 2. The van der Waals surface area contributed by atoms with Gasteiger partial charge in [0, 0.05) is 29.4 Å². The maximum absolute atomic E-state index is 13.2. The highest BCUT2D eigenvalue weighted by atomic mass is 32.1. The lowest BCUT2D eigenvalue weighted by atomic mass is 10.0. The lowest BCUT2D eigenvalue weighted by Gasteiger charge is -2.13. The molecule has 5 nitrogen and oxygen atoms in total. The summed E-state index contributed by atoms with van der Waals surface area (Å²) in [6, 6.07) is 15.3. The van der Waals surface area contributed by atoms with Crippen LogP contribution in [0.1, 0.15) is 21.5 Å². The Morgan fingerprint density at radius 1 is 1.08 bits per heavy atom. The fourth-order valence-electron chi connectivity index (χ4n) is 3.18. The van der Waals surface area contributed by atoms with Crippen LogP contribution >= 0.6 is 11.3 Å². The van der Waals surface area contributed by atoms with Crippen molar-refractivity contribution in [3.63, 3.8) is 0 Å². The minimum Gasteiger partial charge on any atom is -0.379 e. The van der Waals surface area contributed by atoms with Crippen LogP contribution in [0.2, 0.25) is 0 Å². The third kappa shape index (κ3) is 2.43. The van der Waals surface area contributed by atoms with Gasteiger partial charge < -0.3 is 10.6 Å². The van der Waals surface area contributed by atoms with Crippen molar-refractivity contribution in [2.75, 3.05) is 10.6 Å². The van der Waals surface area contributed by atoms with Gasteiger partial charge in [0.15, 0.2) is 5.78 Å². The van der Waals surface area contributed by atoms with E-state index in [1.54, 1.807) is 11.7 Å². The van der Waals surface area contributed by atoms with E-state index in [2.05, 4.69) is 20.6 Å². The Hall–Kier alpha value is -3.25. The van der Waals surface area contributed by atoms with E-state index in [-0.39, 0.29) is 5.78 Å². The van der Waals surface area contributed by atoms with Crippen LogP contribution < -0.4 is 10.6 Å². The molecular weight excluding hydrogens is 344 g/mol. The van der Waals surface area contributed by atoms with Crippen LogP contribution in [0.5, 0.6) is 0 Å². The number of benzene rings is 2. The fourth-order valence-corrected chi connectivity index (χ4v) is 3.89. The summed E-state index contributed by atoms with van der Waals surface area (Å²) in [5, 5.41) is 6.74. The quantitative estimate of drug-likeness (QED) is 0.513. The molecule has 0 fully saturated rings. The molecule has 2 aromatic heterocycles. The number of carbonyl (C=O) groups excluding carboxylic acids is 1. The van der Waals surface area contributed by atoms with Gasteiger partial charge in [0.2, 0.25) is 0 Å². The monoisotopic (exact) mass is 358 g/mol. The summed E-state index contributed by atoms with van der Waals surface area (Å²) in [5.74, 6) is 0.753. The van der Waals surface area contributed by atoms with E-state index in [4.69, 9.17) is 0 Å². The summed E-state index contributed by atoms with van der Waals surface area (Å²) in [5.41, 5.74) is 6.71. The molecule has 0 amide bonds. The summed E-state index contributed by atoms with van der Waals surface area (Å²) in [4.78, 5) is 21.9. The molecule has 0 bridgehead atoms. The Morgan fingerprint density at radius 3 is 3.00 bits per heavy atom. The highest BCUT2D eigenvalue weighted by Crippen LogP contribution is 2.35. The Bertz CT molecular complexity index is 1150. The van der Waals surface area contributed by atoms with E-state index in [9.17, 15) is 4.79 Å². The van der Waals surface area contributed by atoms with E-state index >= 15 is 0 Å². The zero-order chi connectivity index (χ0) is 17.5. The highest BCUT2D eigenvalue weighted by molar-refractivity contribution is 7.16. The molecule has 126 valence electrons. The Balaban J connectivity index is 1.61. The molecular formula is C20H14N4OS. The molecule has 2 N–H and O–H groups in total. The number of hydrogen-bond donors (Lipinski definition) is 2. The molecule has 0 unspecified atom stereocenters. The van der Waals surface area contributed by atoms with Gasteiger partial charge >= 0.3 is 0 Å². The van der Waals surface area contributed by atoms with E-state index in [1.807, 2.05) is 48.5 Å². The first-order chi connectivity index (χ1) is 12.8. The van der Waals surface area contributed by atoms with Gasteiger partial charge in [0.05, 0.1) is 27.1 Å². The maximum Gasteiger partial charge on any atom is 0.195 e. The number of aromatic nitrogens is 2. The van der Waals surface area contributed by atoms with Crippen LogP contribution in [-0.2, 0) is 6.54 Å². The molecule has 2 aromatic carbocycles. The van der Waals surface area contributed by atoms with Crippen molar-refractivity contribution in [2.24, 2.45) is 0 Å². The molecule has 0 spiro atoms. The van der Waals surface area contributed by atoms with Crippen molar-refractivity contribution >= 4 is 44.5 Å². The molecule has 0 saturated carbocycles. The summed E-state index contributed by atoms with van der Waals surface area (Å²) < 4.78 is 1.01.